The number of aromatic amines is 1. The third-order valence-corrected chi connectivity index (χ3v) is 7.99. The number of piperidine rings is 2. The topological polar surface area (TPSA) is 147 Å². The first-order chi connectivity index (χ1) is 17.3. The molecule has 5 rings (SSSR count). The van der Waals surface area contributed by atoms with Crippen molar-refractivity contribution in [1.29, 1.82) is 0 Å². The minimum absolute atomic E-state index is 0.0702. The van der Waals surface area contributed by atoms with Gasteiger partial charge in [0.1, 0.15) is 6.10 Å². The number of rotatable bonds is 6. The summed E-state index contributed by atoms with van der Waals surface area (Å²) in [4.78, 5) is 18.2. The summed E-state index contributed by atoms with van der Waals surface area (Å²) in [6, 6.07) is 1.99. The summed E-state index contributed by atoms with van der Waals surface area (Å²) >= 11 is 0. The van der Waals surface area contributed by atoms with Gasteiger partial charge in [-0.15, -0.1) is 5.10 Å². The lowest BCUT2D eigenvalue weighted by Crippen LogP contribution is -2.42. The van der Waals surface area contributed by atoms with Gasteiger partial charge in [0.05, 0.1) is 19.6 Å². The molecule has 5 heterocycles. The predicted molar refractivity (Wildman–Crippen MR) is 131 cm³/mol. The van der Waals surface area contributed by atoms with Crippen molar-refractivity contribution in [3.05, 3.63) is 24.7 Å². The Labute approximate surface area is 208 Å². The van der Waals surface area contributed by atoms with Gasteiger partial charge in [-0.25, -0.2) is 22.0 Å². The fourth-order valence-corrected chi connectivity index (χ4v) is 5.57. The van der Waals surface area contributed by atoms with Crippen LogP contribution in [0, 0.1) is 0 Å². The average molecular weight is 519 g/mol. The van der Waals surface area contributed by atoms with E-state index in [1.807, 2.05) is 12.3 Å². The van der Waals surface area contributed by atoms with Crippen molar-refractivity contribution in [2.45, 2.75) is 37.8 Å². The first kappa shape index (κ1) is 24.3. The summed E-state index contributed by atoms with van der Waals surface area (Å²) in [5, 5.41) is 14.9. The first-order valence-corrected chi connectivity index (χ1v) is 13.8. The second kappa shape index (κ2) is 9.93. The highest BCUT2D eigenvalue weighted by Gasteiger charge is 2.28. The van der Waals surface area contributed by atoms with Crippen molar-refractivity contribution in [2.24, 2.45) is 0 Å². The zero-order chi connectivity index (χ0) is 25.3. The highest BCUT2D eigenvalue weighted by atomic mass is 32.2. The van der Waals surface area contributed by atoms with Crippen LogP contribution in [0.2, 0.25) is 0 Å². The van der Waals surface area contributed by atoms with Crippen LogP contribution in [0.5, 0.6) is 5.75 Å². The molecule has 0 radical (unpaired) electrons. The van der Waals surface area contributed by atoms with Crippen LogP contribution in [-0.2, 0) is 14.8 Å². The molecule has 3 aromatic heterocycles. The minimum atomic E-state index is -3.18. The lowest BCUT2D eigenvalue weighted by atomic mass is 10.1. The summed E-state index contributed by atoms with van der Waals surface area (Å²) in [6.45, 7) is 2.03. The summed E-state index contributed by atoms with van der Waals surface area (Å²) in [5.74, 6) is 1.06. The molecule has 2 N–H and O–H groups in total. The Bertz CT molecular complexity index is 1310. The summed E-state index contributed by atoms with van der Waals surface area (Å²) in [6.07, 6.45) is 8.83. The van der Waals surface area contributed by atoms with Gasteiger partial charge in [0.15, 0.2) is 11.4 Å². The second-order valence-corrected chi connectivity index (χ2v) is 11.1. The number of carbonyl (C=O) groups is 1. The third kappa shape index (κ3) is 5.09. The molecule has 0 spiro atoms. The Hall–Kier alpha value is -3.39. The van der Waals surface area contributed by atoms with Crippen LogP contribution in [0.1, 0.15) is 25.7 Å². The smallest absolute Gasteiger partial charge is 0.409 e. The van der Waals surface area contributed by atoms with E-state index in [1.54, 1.807) is 21.8 Å². The number of ether oxygens (including phenoxy) is 2. The Morgan fingerprint density at radius 1 is 1.17 bits per heavy atom. The predicted octanol–water partition coefficient (Wildman–Crippen LogP) is 1.56. The highest BCUT2D eigenvalue weighted by molar-refractivity contribution is 7.88. The van der Waals surface area contributed by atoms with Crippen molar-refractivity contribution in [1.82, 2.24) is 34.0 Å². The normalized spacial score (nSPS) is 18.4. The zero-order valence-electron chi connectivity index (χ0n) is 20.3. The van der Waals surface area contributed by atoms with Crippen LogP contribution in [0.4, 0.5) is 10.7 Å². The van der Waals surface area contributed by atoms with Crippen LogP contribution in [-0.4, -0.2) is 100 Å². The monoisotopic (exact) mass is 518 g/mol. The maximum absolute atomic E-state index is 11.8. The van der Waals surface area contributed by atoms with Crippen molar-refractivity contribution in [2.75, 3.05) is 44.9 Å². The van der Waals surface area contributed by atoms with E-state index in [0.29, 0.717) is 69.2 Å². The molecule has 2 fully saturated rings. The maximum Gasteiger partial charge on any atom is 0.409 e. The number of carbonyl (C=O) groups excluding carboxylic acids is 1. The number of sulfonamides is 1. The van der Waals surface area contributed by atoms with Gasteiger partial charge in [-0.3, -0.25) is 5.10 Å². The van der Waals surface area contributed by atoms with Crippen molar-refractivity contribution >= 4 is 27.7 Å². The molecule has 2 aliphatic heterocycles. The van der Waals surface area contributed by atoms with E-state index in [0.717, 1.165) is 11.1 Å². The molecule has 0 unspecified atom stereocenters. The van der Waals surface area contributed by atoms with Gasteiger partial charge in [-0.1, -0.05) is 0 Å². The van der Waals surface area contributed by atoms with Gasteiger partial charge < -0.3 is 19.7 Å². The number of hydrogen-bond donors (Lipinski definition) is 2. The fraction of sp³-hybridized carbons (Fsp3) is 0.545. The number of aromatic nitrogens is 5. The van der Waals surface area contributed by atoms with E-state index in [4.69, 9.17) is 14.5 Å². The minimum Gasteiger partial charge on any atom is -0.486 e. The summed E-state index contributed by atoms with van der Waals surface area (Å²) in [5.41, 5.74) is 2.28. The van der Waals surface area contributed by atoms with E-state index in [1.165, 1.54) is 17.7 Å². The van der Waals surface area contributed by atoms with Gasteiger partial charge in [0.25, 0.3) is 0 Å². The van der Waals surface area contributed by atoms with E-state index < -0.39 is 10.0 Å². The molecule has 1 amide bonds. The maximum atomic E-state index is 11.8. The van der Waals surface area contributed by atoms with Crippen LogP contribution < -0.4 is 10.1 Å². The first-order valence-electron chi connectivity index (χ1n) is 11.9. The Morgan fingerprint density at radius 2 is 1.92 bits per heavy atom. The number of methoxy groups -OCH3 is 1. The number of anilines is 1. The largest absolute Gasteiger partial charge is 0.486 e. The van der Waals surface area contributed by atoms with E-state index in [9.17, 15) is 13.2 Å². The Morgan fingerprint density at radius 3 is 2.56 bits per heavy atom. The van der Waals surface area contributed by atoms with E-state index in [2.05, 4.69) is 20.6 Å². The molecule has 3 aromatic rings. The molecule has 2 saturated heterocycles. The van der Waals surface area contributed by atoms with Crippen molar-refractivity contribution < 1.29 is 22.7 Å². The molecule has 0 aliphatic carbocycles. The lowest BCUT2D eigenvalue weighted by Gasteiger charge is -2.31. The Kier molecular flexibility index (Phi) is 6.71. The molecule has 0 atom stereocenters. The van der Waals surface area contributed by atoms with Crippen molar-refractivity contribution in [3.63, 3.8) is 0 Å². The molecule has 2 aliphatic rings. The quantitative estimate of drug-likeness (QED) is 0.496. The summed E-state index contributed by atoms with van der Waals surface area (Å²) in [7, 11) is -1.80. The second-order valence-electron chi connectivity index (χ2n) is 9.10. The fourth-order valence-electron chi connectivity index (χ4n) is 4.69. The molecule has 36 heavy (non-hydrogen) atoms. The van der Waals surface area contributed by atoms with Crippen LogP contribution in [0.15, 0.2) is 24.7 Å². The third-order valence-electron chi connectivity index (χ3n) is 6.69. The van der Waals surface area contributed by atoms with Crippen LogP contribution in [0.3, 0.4) is 0 Å². The molecule has 194 valence electrons. The zero-order valence-corrected chi connectivity index (χ0v) is 21.1. The molecular weight excluding hydrogens is 488 g/mol. The number of likely N-dealkylation sites (tertiary alicyclic amines) is 1. The number of fused-ring (bicyclic) bond motifs is 1. The highest BCUT2D eigenvalue weighted by Crippen LogP contribution is 2.35. The molecule has 0 bridgehead atoms. The van der Waals surface area contributed by atoms with Crippen LogP contribution in [0.25, 0.3) is 16.8 Å². The van der Waals surface area contributed by atoms with Gasteiger partial charge in [-0.05, 0) is 18.9 Å². The number of nitrogens with zero attached hydrogens (tertiary/aromatic N) is 6. The Balaban J connectivity index is 1.37. The SMILES string of the molecule is COC(=O)N1CCC(Oc2c(-c3cn[nH]c3)ccn3nc(NC4CCN(S(C)(=O)=O)CC4)nc23)CC1. The standard InChI is InChI=1S/C22H30N8O5S/c1-34-22(31)28-8-5-17(6-9-28)35-19-18(15-13-23-24-14-15)7-12-30-20(19)26-21(27-30)25-16-3-10-29(11-4-16)36(2,32)33/h7,12-14,16-17H,3-6,8-11H2,1-2H3,(H,23,24)(H,25,27). The number of hydrogen-bond acceptors (Lipinski definition) is 9. The summed E-state index contributed by atoms with van der Waals surface area (Å²) < 4.78 is 38.1. The number of pyridine rings is 1. The number of amides is 1. The van der Waals surface area contributed by atoms with E-state index in [-0.39, 0.29) is 18.2 Å². The number of H-pyrrole nitrogens is 1. The molecular formula is C22H30N8O5S. The lowest BCUT2D eigenvalue weighted by molar-refractivity contribution is 0.0796. The molecule has 0 saturated carbocycles. The molecule has 14 heteroatoms. The van der Waals surface area contributed by atoms with Crippen LogP contribution >= 0.6 is 0 Å². The number of nitrogens with one attached hydrogen (secondary N) is 2. The van der Waals surface area contributed by atoms with Gasteiger partial charge in [-0.2, -0.15) is 10.1 Å². The average Bonchev–Trinajstić information content (AvgIpc) is 3.54. The van der Waals surface area contributed by atoms with Crippen molar-refractivity contribution in [3.8, 4) is 16.9 Å². The van der Waals surface area contributed by atoms with Gasteiger partial charge in [0.2, 0.25) is 16.0 Å². The van der Waals surface area contributed by atoms with E-state index >= 15 is 0 Å². The molecule has 13 nitrogen and oxygen atoms in total. The van der Waals surface area contributed by atoms with Gasteiger partial charge in [0, 0.05) is 68.6 Å². The molecule has 0 aromatic carbocycles. The van der Waals surface area contributed by atoms with Gasteiger partial charge >= 0.3 is 6.09 Å².